The van der Waals surface area contributed by atoms with Crippen molar-refractivity contribution in [2.45, 2.75) is 5.60 Å². The maximum atomic E-state index is 5.12. The van der Waals surface area contributed by atoms with Crippen LogP contribution >= 0.6 is 0 Å². The molecule has 1 aliphatic heterocycles. The SMILES string of the molecule is C#CC1(OC)COC1. The summed E-state index contributed by atoms with van der Waals surface area (Å²) in [7, 11) is 1.60. The first kappa shape index (κ1) is 5.61. The Morgan fingerprint density at radius 2 is 2.38 bits per heavy atom. The van der Waals surface area contributed by atoms with Crippen molar-refractivity contribution in [3.05, 3.63) is 0 Å². The van der Waals surface area contributed by atoms with E-state index in [4.69, 9.17) is 15.9 Å². The van der Waals surface area contributed by atoms with Gasteiger partial charge >= 0.3 is 0 Å². The van der Waals surface area contributed by atoms with E-state index in [1.807, 2.05) is 0 Å². The number of ether oxygens (including phenoxy) is 2. The molecule has 0 N–H and O–H groups in total. The molecule has 0 atom stereocenters. The Labute approximate surface area is 48.8 Å². The topological polar surface area (TPSA) is 18.5 Å². The molecule has 0 amide bonds. The van der Waals surface area contributed by atoms with Crippen LogP contribution in [-0.2, 0) is 9.47 Å². The second-order valence-corrected chi connectivity index (χ2v) is 1.84. The monoisotopic (exact) mass is 112 g/mol. The molecule has 0 unspecified atom stereocenters. The van der Waals surface area contributed by atoms with E-state index >= 15 is 0 Å². The molecule has 2 nitrogen and oxygen atoms in total. The molecule has 44 valence electrons. The van der Waals surface area contributed by atoms with E-state index in [2.05, 4.69) is 5.92 Å². The minimum Gasteiger partial charge on any atom is -0.373 e. The van der Waals surface area contributed by atoms with Crippen molar-refractivity contribution in [2.75, 3.05) is 20.3 Å². The van der Waals surface area contributed by atoms with E-state index < -0.39 is 0 Å². The molecular weight excluding hydrogens is 104 g/mol. The third kappa shape index (κ3) is 0.605. The van der Waals surface area contributed by atoms with Crippen molar-refractivity contribution in [1.29, 1.82) is 0 Å². The smallest absolute Gasteiger partial charge is 0.174 e. The predicted molar refractivity (Wildman–Crippen MR) is 29.4 cm³/mol. The molecule has 0 spiro atoms. The van der Waals surface area contributed by atoms with Crippen LogP contribution in [0, 0.1) is 12.3 Å². The second kappa shape index (κ2) is 1.77. The number of hydrogen-bond donors (Lipinski definition) is 0. The van der Waals surface area contributed by atoms with Crippen molar-refractivity contribution < 1.29 is 9.47 Å². The highest BCUT2D eigenvalue weighted by Crippen LogP contribution is 2.18. The van der Waals surface area contributed by atoms with Gasteiger partial charge in [0.2, 0.25) is 0 Å². The average Bonchev–Trinajstić information content (AvgIpc) is 1.67. The zero-order valence-electron chi connectivity index (χ0n) is 4.81. The number of terminal acetylenes is 1. The number of rotatable bonds is 1. The summed E-state index contributed by atoms with van der Waals surface area (Å²) >= 11 is 0. The maximum Gasteiger partial charge on any atom is 0.174 e. The molecule has 0 saturated carbocycles. The molecule has 1 rings (SSSR count). The van der Waals surface area contributed by atoms with Crippen molar-refractivity contribution >= 4 is 0 Å². The van der Waals surface area contributed by atoms with Crippen molar-refractivity contribution in [1.82, 2.24) is 0 Å². The van der Waals surface area contributed by atoms with Gasteiger partial charge in [0, 0.05) is 7.11 Å². The Morgan fingerprint density at radius 3 is 2.38 bits per heavy atom. The van der Waals surface area contributed by atoms with Gasteiger partial charge in [-0.05, 0) is 0 Å². The second-order valence-electron chi connectivity index (χ2n) is 1.84. The Hall–Kier alpha value is -0.520. The lowest BCUT2D eigenvalue weighted by Crippen LogP contribution is -2.49. The Balaban J connectivity index is 2.49. The summed E-state index contributed by atoms with van der Waals surface area (Å²) < 4.78 is 9.81. The summed E-state index contributed by atoms with van der Waals surface area (Å²) in [4.78, 5) is 0. The van der Waals surface area contributed by atoms with Gasteiger partial charge in [0.25, 0.3) is 0 Å². The average molecular weight is 112 g/mol. The molecule has 0 bridgehead atoms. The highest BCUT2D eigenvalue weighted by Gasteiger charge is 2.36. The van der Waals surface area contributed by atoms with Crippen molar-refractivity contribution in [3.8, 4) is 12.3 Å². The van der Waals surface area contributed by atoms with Crippen LogP contribution in [0.4, 0.5) is 0 Å². The Morgan fingerprint density at radius 1 is 1.75 bits per heavy atom. The van der Waals surface area contributed by atoms with E-state index in [0.29, 0.717) is 13.2 Å². The molecule has 2 heteroatoms. The fourth-order valence-electron chi connectivity index (χ4n) is 0.548. The van der Waals surface area contributed by atoms with Crippen LogP contribution in [0.25, 0.3) is 0 Å². The van der Waals surface area contributed by atoms with Gasteiger partial charge in [-0.3, -0.25) is 0 Å². The molecule has 8 heavy (non-hydrogen) atoms. The lowest BCUT2D eigenvalue weighted by Gasteiger charge is -2.34. The highest BCUT2D eigenvalue weighted by atomic mass is 16.6. The molecule has 0 aromatic rings. The lowest BCUT2D eigenvalue weighted by atomic mass is 10.0. The highest BCUT2D eigenvalue weighted by molar-refractivity contribution is 5.12. The normalized spacial score (nSPS) is 23.5. The van der Waals surface area contributed by atoms with Gasteiger partial charge in [-0.2, -0.15) is 0 Å². The molecular formula is C6H8O2. The molecule has 1 aliphatic rings. The summed E-state index contributed by atoms with van der Waals surface area (Å²) in [5, 5.41) is 0. The first-order chi connectivity index (χ1) is 3.83. The zero-order chi connectivity index (χ0) is 6.04. The Bertz CT molecular complexity index is 113. The van der Waals surface area contributed by atoms with Crippen LogP contribution in [0.3, 0.4) is 0 Å². The maximum absolute atomic E-state index is 5.12. The minimum atomic E-state index is -0.389. The van der Waals surface area contributed by atoms with Gasteiger partial charge < -0.3 is 9.47 Å². The summed E-state index contributed by atoms with van der Waals surface area (Å²) in [5.41, 5.74) is -0.389. The van der Waals surface area contributed by atoms with Crippen LogP contribution in [0.1, 0.15) is 0 Å². The minimum absolute atomic E-state index is 0.389. The third-order valence-electron chi connectivity index (χ3n) is 1.32. The molecule has 1 saturated heterocycles. The van der Waals surface area contributed by atoms with Crippen molar-refractivity contribution in [3.63, 3.8) is 0 Å². The zero-order valence-corrected chi connectivity index (χ0v) is 4.81. The fourth-order valence-corrected chi connectivity index (χ4v) is 0.548. The number of methoxy groups -OCH3 is 1. The predicted octanol–water partition coefficient (Wildman–Crippen LogP) is 0.0350. The summed E-state index contributed by atoms with van der Waals surface area (Å²) in [5.74, 6) is 2.52. The molecule has 1 fully saturated rings. The first-order valence-corrected chi connectivity index (χ1v) is 2.44. The first-order valence-electron chi connectivity index (χ1n) is 2.44. The van der Waals surface area contributed by atoms with Crippen LogP contribution in [-0.4, -0.2) is 25.9 Å². The van der Waals surface area contributed by atoms with Crippen LogP contribution in [0.2, 0.25) is 0 Å². The summed E-state index contributed by atoms with van der Waals surface area (Å²) in [6, 6.07) is 0. The van der Waals surface area contributed by atoms with E-state index in [1.165, 1.54) is 0 Å². The quantitative estimate of drug-likeness (QED) is 0.446. The lowest BCUT2D eigenvalue weighted by molar-refractivity contribution is -0.159. The molecule has 0 aliphatic carbocycles. The third-order valence-corrected chi connectivity index (χ3v) is 1.32. The van der Waals surface area contributed by atoms with Gasteiger partial charge in [-0.15, -0.1) is 6.42 Å². The van der Waals surface area contributed by atoms with Crippen LogP contribution in [0.15, 0.2) is 0 Å². The van der Waals surface area contributed by atoms with Gasteiger partial charge in [-0.1, -0.05) is 5.92 Å². The fraction of sp³-hybridized carbons (Fsp3) is 0.667. The van der Waals surface area contributed by atoms with Crippen molar-refractivity contribution in [2.24, 2.45) is 0 Å². The van der Waals surface area contributed by atoms with E-state index in [0.717, 1.165) is 0 Å². The van der Waals surface area contributed by atoms with Gasteiger partial charge in [0.15, 0.2) is 5.60 Å². The van der Waals surface area contributed by atoms with Crippen LogP contribution < -0.4 is 0 Å². The van der Waals surface area contributed by atoms with E-state index in [-0.39, 0.29) is 5.60 Å². The molecule has 0 aromatic heterocycles. The largest absolute Gasteiger partial charge is 0.373 e. The van der Waals surface area contributed by atoms with Gasteiger partial charge in [-0.25, -0.2) is 0 Å². The number of hydrogen-bond acceptors (Lipinski definition) is 2. The standard InChI is InChI=1S/C6H8O2/c1-3-6(7-2)4-8-5-6/h1H,4-5H2,2H3. The van der Waals surface area contributed by atoms with E-state index in [1.54, 1.807) is 7.11 Å². The van der Waals surface area contributed by atoms with Gasteiger partial charge in [0.05, 0.1) is 13.2 Å². The van der Waals surface area contributed by atoms with Gasteiger partial charge in [0.1, 0.15) is 0 Å². The molecule has 1 heterocycles. The van der Waals surface area contributed by atoms with E-state index in [9.17, 15) is 0 Å². The van der Waals surface area contributed by atoms with Crippen LogP contribution in [0.5, 0.6) is 0 Å². The Kier molecular flexibility index (Phi) is 1.24. The summed E-state index contributed by atoms with van der Waals surface area (Å²) in [6.07, 6.45) is 5.12. The summed E-state index contributed by atoms with van der Waals surface area (Å²) in [6.45, 7) is 1.08. The molecule has 0 radical (unpaired) electrons. The molecule has 0 aromatic carbocycles.